The number of aromatic amines is 1. The molecule has 1 N–H and O–H groups in total. The van der Waals surface area contributed by atoms with Gasteiger partial charge < -0.3 is 14.6 Å². The number of nitrogens with one attached hydrogen (secondary N) is 1. The van der Waals surface area contributed by atoms with Crippen molar-refractivity contribution in [1.82, 2.24) is 14.9 Å². The summed E-state index contributed by atoms with van der Waals surface area (Å²) in [7, 11) is 0. The first-order valence-electron chi connectivity index (χ1n) is 8.23. The third kappa shape index (κ3) is 2.97. The fourth-order valence-electron chi connectivity index (χ4n) is 3.14. The highest BCUT2D eigenvalue weighted by Crippen LogP contribution is 2.21. The third-order valence-corrected chi connectivity index (χ3v) is 4.43. The number of rotatable bonds is 3. The van der Waals surface area contributed by atoms with Gasteiger partial charge in [0.2, 0.25) is 0 Å². The lowest BCUT2D eigenvalue weighted by atomic mass is 10.1. The minimum atomic E-state index is 0.0611. The van der Waals surface area contributed by atoms with Crippen LogP contribution in [0.15, 0.2) is 54.9 Å². The molecule has 3 heterocycles. The summed E-state index contributed by atoms with van der Waals surface area (Å²) in [5, 5.41) is 1.07. The lowest BCUT2D eigenvalue weighted by Gasteiger charge is -2.31. The van der Waals surface area contributed by atoms with Gasteiger partial charge in [0.1, 0.15) is 17.5 Å². The second kappa shape index (κ2) is 6.35. The molecule has 0 spiro atoms. The molecule has 1 saturated heterocycles. The van der Waals surface area contributed by atoms with E-state index in [-0.39, 0.29) is 12.0 Å². The van der Waals surface area contributed by atoms with E-state index in [1.165, 1.54) is 0 Å². The van der Waals surface area contributed by atoms with E-state index in [2.05, 4.69) is 9.97 Å². The Kier molecular flexibility index (Phi) is 3.91. The zero-order chi connectivity index (χ0) is 16.4. The van der Waals surface area contributed by atoms with Crippen LogP contribution in [0.25, 0.3) is 10.9 Å². The molecule has 5 nitrogen and oxygen atoms in total. The van der Waals surface area contributed by atoms with Crippen LogP contribution in [0.5, 0.6) is 5.75 Å². The van der Waals surface area contributed by atoms with Gasteiger partial charge in [-0.25, -0.2) is 0 Å². The Labute approximate surface area is 140 Å². The van der Waals surface area contributed by atoms with Gasteiger partial charge in [0.25, 0.3) is 5.91 Å². The number of nitrogens with zero attached hydrogens (tertiary/aromatic N) is 2. The van der Waals surface area contributed by atoms with E-state index in [4.69, 9.17) is 4.74 Å². The van der Waals surface area contributed by atoms with Crippen molar-refractivity contribution < 1.29 is 9.53 Å². The molecule has 0 bridgehead atoms. The van der Waals surface area contributed by atoms with Gasteiger partial charge in [0.15, 0.2) is 0 Å². The predicted octanol–water partition coefficient (Wildman–Crippen LogP) is 3.25. The second-order valence-electron chi connectivity index (χ2n) is 6.07. The molecule has 1 aliphatic rings. The maximum Gasteiger partial charge on any atom is 0.270 e. The Bertz CT molecular complexity index is 803. The van der Waals surface area contributed by atoms with Crippen LogP contribution in [-0.2, 0) is 0 Å². The van der Waals surface area contributed by atoms with E-state index in [0.717, 1.165) is 29.5 Å². The minimum Gasteiger partial charge on any atom is -0.489 e. The molecule has 2 aromatic heterocycles. The summed E-state index contributed by atoms with van der Waals surface area (Å²) in [6, 6.07) is 13.6. The number of benzene rings is 1. The summed E-state index contributed by atoms with van der Waals surface area (Å²) >= 11 is 0. The Hall–Kier alpha value is -2.82. The number of fused-ring (bicyclic) bond motifs is 1. The summed E-state index contributed by atoms with van der Waals surface area (Å²) in [5.74, 6) is 0.851. The van der Waals surface area contributed by atoms with Crippen LogP contribution in [0.3, 0.4) is 0 Å². The Balaban J connectivity index is 1.39. The number of para-hydroxylation sites is 1. The first-order chi connectivity index (χ1) is 11.8. The number of piperidine rings is 1. The van der Waals surface area contributed by atoms with Gasteiger partial charge in [-0.1, -0.05) is 18.2 Å². The summed E-state index contributed by atoms with van der Waals surface area (Å²) in [6.07, 6.45) is 5.26. The average molecular weight is 321 g/mol. The number of aromatic nitrogens is 2. The molecular formula is C19H19N3O2. The van der Waals surface area contributed by atoms with E-state index in [1.807, 2.05) is 47.4 Å². The van der Waals surface area contributed by atoms with Gasteiger partial charge in [0, 0.05) is 43.0 Å². The molecule has 0 unspecified atom stereocenters. The van der Waals surface area contributed by atoms with Crippen molar-refractivity contribution in [3.63, 3.8) is 0 Å². The normalized spacial score (nSPS) is 15.6. The van der Waals surface area contributed by atoms with Gasteiger partial charge in [0.05, 0.1) is 6.20 Å². The van der Waals surface area contributed by atoms with Crippen molar-refractivity contribution in [2.45, 2.75) is 18.9 Å². The number of hydrogen-bond donors (Lipinski definition) is 1. The molecule has 4 rings (SSSR count). The fraction of sp³-hybridized carbons (Fsp3) is 0.263. The van der Waals surface area contributed by atoms with E-state index in [9.17, 15) is 4.79 Å². The molecule has 1 fully saturated rings. The third-order valence-electron chi connectivity index (χ3n) is 4.43. The molecule has 122 valence electrons. The van der Waals surface area contributed by atoms with E-state index >= 15 is 0 Å². The van der Waals surface area contributed by atoms with Crippen LogP contribution in [0, 0.1) is 0 Å². The van der Waals surface area contributed by atoms with Crippen LogP contribution in [0.2, 0.25) is 0 Å². The highest BCUT2D eigenvalue weighted by molar-refractivity contribution is 5.98. The molecule has 1 aliphatic heterocycles. The highest BCUT2D eigenvalue weighted by atomic mass is 16.5. The zero-order valence-corrected chi connectivity index (χ0v) is 13.3. The standard InChI is InChI=1S/C19H19N3O2/c23-19(18-12-14-4-1-2-6-17(14)21-18)22-10-7-15(8-11-22)24-16-5-3-9-20-13-16/h1-6,9,12-13,15,21H,7-8,10-11H2. The molecule has 1 aromatic carbocycles. The van der Waals surface area contributed by atoms with E-state index in [1.54, 1.807) is 12.4 Å². The number of carbonyl (C=O) groups is 1. The average Bonchev–Trinajstić information content (AvgIpc) is 3.07. The number of amides is 1. The smallest absolute Gasteiger partial charge is 0.270 e. The van der Waals surface area contributed by atoms with Crippen LogP contribution < -0.4 is 4.74 Å². The molecule has 0 radical (unpaired) electrons. The second-order valence-corrected chi connectivity index (χ2v) is 6.07. The van der Waals surface area contributed by atoms with Gasteiger partial charge in [-0.15, -0.1) is 0 Å². The van der Waals surface area contributed by atoms with Crippen molar-refractivity contribution in [3.8, 4) is 5.75 Å². The van der Waals surface area contributed by atoms with Crippen molar-refractivity contribution >= 4 is 16.8 Å². The zero-order valence-electron chi connectivity index (χ0n) is 13.3. The number of carbonyl (C=O) groups excluding carboxylic acids is 1. The van der Waals surface area contributed by atoms with Crippen LogP contribution in [0.4, 0.5) is 0 Å². The van der Waals surface area contributed by atoms with Crippen molar-refractivity contribution in [1.29, 1.82) is 0 Å². The van der Waals surface area contributed by atoms with E-state index in [0.29, 0.717) is 18.8 Å². The van der Waals surface area contributed by atoms with Crippen LogP contribution in [-0.4, -0.2) is 40.0 Å². The molecule has 24 heavy (non-hydrogen) atoms. The predicted molar refractivity (Wildman–Crippen MR) is 92.1 cm³/mol. The van der Waals surface area contributed by atoms with Gasteiger partial charge in [-0.3, -0.25) is 9.78 Å². The molecule has 0 saturated carbocycles. The number of hydrogen-bond acceptors (Lipinski definition) is 3. The monoisotopic (exact) mass is 321 g/mol. The minimum absolute atomic E-state index is 0.0611. The van der Waals surface area contributed by atoms with Crippen LogP contribution >= 0.6 is 0 Å². The number of H-pyrrole nitrogens is 1. The Morgan fingerprint density at radius 2 is 2.00 bits per heavy atom. The van der Waals surface area contributed by atoms with Gasteiger partial charge in [-0.2, -0.15) is 0 Å². The summed E-state index contributed by atoms with van der Waals surface area (Å²) in [5.41, 5.74) is 1.65. The van der Waals surface area contributed by atoms with Crippen molar-refractivity contribution in [3.05, 3.63) is 60.6 Å². The first kappa shape index (κ1) is 14.8. The highest BCUT2D eigenvalue weighted by Gasteiger charge is 2.25. The quantitative estimate of drug-likeness (QED) is 0.805. The maximum absolute atomic E-state index is 12.7. The topological polar surface area (TPSA) is 58.2 Å². The molecule has 0 atom stereocenters. The molecule has 5 heteroatoms. The molecule has 0 aliphatic carbocycles. The SMILES string of the molecule is O=C(c1cc2ccccc2[nH]1)N1CCC(Oc2cccnc2)CC1. The maximum atomic E-state index is 12.7. The lowest BCUT2D eigenvalue weighted by molar-refractivity contribution is 0.0590. The molecule has 1 amide bonds. The van der Waals surface area contributed by atoms with Gasteiger partial charge >= 0.3 is 0 Å². The van der Waals surface area contributed by atoms with Crippen LogP contribution in [0.1, 0.15) is 23.3 Å². The summed E-state index contributed by atoms with van der Waals surface area (Å²) in [4.78, 5) is 21.8. The molecule has 3 aromatic rings. The summed E-state index contributed by atoms with van der Waals surface area (Å²) in [6.45, 7) is 1.41. The molecular weight excluding hydrogens is 302 g/mol. The Morgan fingerprint density at radius 1 is 1.17 bits per heavy atom. The number of ether oxygens (including phenoxy) is 1. The lowest BCUT2D eigenvalue weighted by Crippen LogP contribution is -2.41. The first-order valence-corrected chi connectivity index (χ1v) is 8.23. The van der Waals surface area contributed by atoms with Crippen molar-refractivity contribution in [2.75, 3.05) is 13.1 Å². The fourth-order valence-corrected chi connectivity index (χ4v) is 3.14. The largest absolute Gasteiger partial charge is 0.489 e. The number of likely N-dealkylation sites (tertiary alicyclic amines) is 1. The van der Waals surface area contributed by atoms with E-state index < -0.39 is 0 Å². The number of pyridine rings is 1. The summed E-state index contributed by atoms with van der Waals surface area (Å²) < 4.78 is 5.93. The van der Waals surface area contributed by atoms with Gasteiger partial charge in [-0.05, 0) is 24.3 Å². The Morgan fingerprint density at radius 3 is 2.75 bits per heavy atom. The van der Waals surface area contributed by atoms with Crippen molar-refractivity contribution in [2.24, 2.45) is 0 Å².